The molecule has 1 amide bonds. The molecule has 0 aliphatic heterocycles. The van der Waals surface area contributed by atoms with Gasteiger partial charge in [0.2, 0.25) is 5.91 Å². The molecule has 0 radical (unpaired) electrons. The number of para-hydroxylation sites is 1. The molecule has 0 saturated heterocycles. The van der Waals surface area contributed by atoms with Crippen molar-refractivity contribution in [3.8, 4) is 0 Å². The minimum absolute atomic E-state index is 0.00991. The Morgan fingerprint density at radius 3 is 2.82 bits per heavy atom. The summed E-state index contributed by atoms with van der Waals surface area (Å²) in [6.45, 7) is 0. The largest absolute Gasteiger partial charge is 0.325 e. The third-order valence-corrected chi connectivity index (χ3v) is 3.43. The number of aryl methyl sites for hydroxylation is 1. The van der Waals surface area contributed by atoms with E-state index in [2.05, 4.69) is 10.7 Å². The van der Waals surface area contributed by atoms with E-state index in [9.17, 15) is 4.79 Å². The highest BCUT2D eigenvalue weighted by Crippen LogP contribution is 2.20. The minimum Gasteiger partial charge on any atom is -0.325 e. The van der Waals surface area contributed by atoms with Gasteiger partial charge in [-0.15, -0.1) is 0 Å². The van der Waals surface area contributed by atoms with E-state index in [1.807, 2.05) is 23.6 Å². The Bertz CT molecular complexity index is 496. The molecule has 0 atom stereocenters. The smallest absolute Gasteiger partial charge is 0.224 e. The van der Waals surface area contributed by atoms with Gasteiger partial charge in [0.1, 0.15) is 0 Å². The van der Waals surface area contributed by atoms with Crippen molar-refractivity contribution in [2.45, 2.75) is 12.8 Å². The van der Waals surface area contributed by atoms with E-state index < -0.39 is 0 Å². The van der Waals surface area contributed by atoms with Crippen LogP contribution in [0.15, 0.2) is 41.1 Å². The molecule has 1 aromatic carbocycles. The van der Waals surface area contributed by atoms with Gasteiger partial charge in [-0.05, 0) is 40.9 Å². The van der Waals surface area contributed by atoms with Gasteiger partial charge in [0.25, 0.3) is 0 Å². The van der Waals surface area contributed by atoms with Gasteiger partial charge in [0.15, 0.2) is 0 Å². The highest BCUT2D eigenvalue weighted by atomic mass is 35.5. The quantitative estimate of drug-likeness (QED) is 0.890. The second-order valence-corrected chi connectivity index (χ2v) is 4.85. The van der Waals surface area contributed by atoms with Crippen LogP contribution < -0.4 is 5.32 Å². The van der Waals surface area contributed by atoms with Crippen molar-refractivity contribution < 1.29 is 4.79 Å². The number of thiophene rings is 1. The van der Waals surface area contributed by atoms with Gasteiger partial charge in [-0.1, -0.05) is 23.7 Å². The molecule has 2 aromatic rings. The van der Waals surface area contributed by atoms with E-state index in [0.29, 0.717) is 17.1 Å². The summed E-state index contributed by atoms with van der Waals surface area (Å²) in [5, 5.41) is 7.44. The lowest BCUT2D eigenvalue weighted by Crippen LogP contribution is -2.12. The monoisotopic (exact) mass is 265 g/mol. The normalized spacial score (nSPS) is 10.2. The maximum Gasteiger partial charge on any atom is 0.224 e. The van der Waals surface area contributed by atoms with E-state index in [1.165, 1.54) is 5.56 Å². The maximum absolute atomic E-state index is 11.7. The van der Waals surface area contributed by atoms with Gasteiger partial charge < -0.3 is 5.32 Å². The summed E-state index contributed by atoms with van der Waals surface area (Å²) < 4.78 is 0. The van der Waals surface area contributed by atoms with Gasteiger partial charge in [0.05, 0.1) is 10.7 Å². The molecule has 1 aromatic heterocycles. The average molecular weight is 266 g/mol. The van der Waals surface area contributed by atoms with Crippen LogP contribution in [0.4, 0.5) is 5.69 Å². The van der Waals surface area contributed by atoms with Gasteiger partial charge >= 0.3 is 0 Å². The number of hydrogen-bond acceptors (Lipinski definition) is 2. The number of carbonyl (C=O) groups is 1. The van der Waals surface area contributed by atoms with Crippen LogP contribution >= 0.6 is 22.9 Å². The molecular formula is C13H12ClNOS. The fourth-order valence-electron chi connectivity index (χ4n) is 1.47. The number of carbonyl (C=O) groups excluding carboxylic acids is 1. The highest BCUT2D eigenvalue weighted by Gasteiger charge is 2.05. The van der Waals surface area contributed by atoms with E-state index in [4.69, 9.17) is 11.6 Å². The molecule has 0 saturated carbocycles. The number of nitrogens with one attached hydrogen (secondary N) is 1. The van der Waals surface area contributed by atoms with Crippen LogP contribution in [0, 0.1) is 0 Å². The van der Waals surface area contributed by atoms with Gasteiger partial charge in [0, 0.05) is 6.42 Å². The topological polar surface area (TPSA) is 29.1 Å². The predicted octanol–water partition coefficient (Wildman–Crippen LogP) is 3.97. The number of amides is 1. The summed E-state index contributed by atoms with van der Waals surface area (Å²) in [4.78, 5) is 11.7. The van der Waals surface area contributed by atoms with Gasteiger partial charge in [-0.2, -0.15) is 11.3 Å². The molecule has 0 fully saturated rings. The molecule has 4 heteroatoms. The Hall–Kier alpha value is -1.32. The molecule has 1 heterocycles. The number of halogens is 1. The van der Waals surface area contributed by atoms with Crippen LogP contribution in [0.5, 0.6) is 0 Å². The zero-order valence-electron chi connectivity index (χ0n) is 9.15. The molecule has 2 nitrogen and oxygen atoms in total. The summed E-state index contributed by atoms with van der Waals surface area (Å²) in [7, 11) is 0. The van der Waals surface area contributed by atoms with Crippen LogP contribution in [0.3, 0.4) is 0 Å². The van der Waals surface area contributed by atoms with Crippen molar-refractivity contribution in [2.75, 3.05) is 5.32 Å². The summed E-state index contributed by atoms with van der Waals surface area (Å²) in [5.41, 5.74) is 1.87. The van der Waals surface area contributed by atoms with Crippen molar-refractivity contribution in [1.29, 1.82) is 0 Å². The van der Waals surface area contributed by atoms with Crippen molar-refractivity contribution >= 4 is 34.5 Å². The Morgan fingerprint density at radius 1 is 1.29 bits per heavy atom. The highest BCUT2D eigenvalue weighted by molar-refractivity contribution is 7.07. The van der Waals surface area contributed by atoms with Crippen molar-refractivity contribution in [3.05, 3.63) is 51.7 Å². The molecule has 1 N–H and O–H groups in total. The molecule has 0 spiro atoms. The zero-order chi connectivity index (χ0) is 12.1. The van der Waals surface area contributed by atoms with Crippen LogP contribution in [0.1, 0.15) is 12.0 Å². The van der Waals surface area contributed by atoms with Crippen LogP contribution in [0.25, 0.3) is 0 Å². The van der Waals surface area contributed by atoms with Gasteiger partial charge in [-0.3, -0.25) is 4.79 Å². The maximum atomic E-state index is 11.7. The molecule has 0 aliphatic rings. The van der Waals surface area contributed by atoms with Crippen molar-refractivity contribution in [3.63, 3.8) is 0 Å². The zero-order valence-corrected chi connectivity index (χ0v) is 10.7. The summed E-state index contributed by atoms with van der Waals surface area (Å²) in [6.07, 6.45) is 1.24. The SMILES string of the molecule is O=C(CCc1ccsc1)Nc1ccccc1Cl. The minimum atomic E-state index is -0.00991. The molecular weight excluding hydrogens is 254 g/mol. The third kappa shape index (κ3) is 3.58. The third-order valence-electron chi connectivity index (χ3n) is 2.37. The first kappa shape index (κ1) is 12.1. The van der Waals surface area contributed by atoms with E-state index >= 15 is 0 Å². The first-order valence-electron chi connectivity index (χ1n) is 5.31. The number of hydrogen-bond donors (Lipinski definition) is 1. The summed E-state index contributed by atoms with van der Waals surface area (Å²) >= 11 is 7.60. The average Bonchev–Trinajstić information content (AvgIpc) is 2.82. The molecule has 88 valence electrons. The fourth-order valence-corrected chi connectivity index (χ4v) is 2.35. The van der Waals surface area contributed by atoms with Crippen molar-refractivity contribution in [1.82, 2.24) is 0 Å². The standard InChI is InChI=1S/C13H12ClNOS/c14-11-3-1-2-4-12(11)15-13(16)6-5-10-7-8-17-9-10/h1-4,7-9H,5-6H2,(H,15,16). The van der Waals surface area contributed by atoms with E-state index in [0.717, 1.165) is 6.42 Å². The van der Waals surface area contributed by atoms with Gasteiger partial charge in [-0.25, -0.2) is 0 Å². The van der Waals surface area contributed by atoms with Crippen LogP contribution in [-0.4, -0.2) is 5.91 Å². The molecule has 0 bridgehead atoms. The van der Waals surface area contributed by atoms with Crippen LogP contribution in [0.2, 0.25) is 5.02 Å². The molecule has 2 rings (SSSR count). The predicted molar refractivity (Wildman–Crippen MR) is 72.7 cm³/mol. The Kier molecular flexibility index (Phi) is 4.18. The van der Waals surface area contributed by atoms with E-state index in [-0.39, 0.29) is 5.91 Å². The van der Waals surface area contributed by atoms with Crippen molar-refractivity contribution in [2.24, 2.45) is 0 Å². The number of rotatable bonds is 4. The first-order chi connectivity index (χ1) is 8.25. The molecule has 17 heavy (non-hydrogen) atoms. The lowest BCUT2D eigenvalue weighted by molar-refractivity contribution is -0.116. The lowest BCUT2D eigenvalue weighted by atomic mass is 10.2. The molecule has 0 aliphatic carbocycles. The number of anilines is 1. The second-order valence-electron chi connectivity index (χ2n) is 3.66. The number of benzene rings is 1. The summed E-state index contributed by atoms with van der Waals surface area (Å²) in [6, 6.07) is 9.28. The fraction of sp³-hybridized carbons (Fsp3) is 0.154. The summed E-state index contributed by atoms with van der Waals surface area (Å²) in [5.74, 6) is -0.00991. The Morgan fingerprint density at radius 2 is 2.12 bits per heavy atom. The molecule has 0 unspecified atom stereocenters. The Labute approximate surface area is 109 Å². The first-order valence-corrected chi connectivity index (χ1v) is 6.63. The Balaban J connectivity index is 1.87. The second kappa shape index (κ2) is 5.84. The van der Waals surface area contributed by atoms with E-state index in [1.54, 1.807) is 23.5 Å². The van der Waals surface area contributed by atoms with Crippen LogP contribution in [-0.2, 0) is 11.2 Å². The lowest BCUT2D eigenvalue weighted by Gasteiger charge is -2.06.